The molecule has 0 aliphatic heterocycles. The highest BCUT2D eigenvalue weighted by Crippen LogP contribution is 2.19. The minimum Gasteiger partial charge on any atom is -0.120 e. The van der Waals surface area contributed by atoms with Crippen molar-refractivity contribution < 1.29 is 0 Å². The molecule has 0 heterocycles. The quantitative estimate of drug-likeness (QED) is 0.674. The third kappa shape index (κ3) is 2.39. The lowest BCUT2D eigenvalue weighted by Gasteiger charge is -2.02. The number of hydrogen-bond donors (Lipinski definition) is 0. The highest BCUT2D eigenvalue weighted by Gasteiger charge is 1.97. The summed E-state index contributed by atoms with van der Waals surface area (Å²) >= 11 is 3.51. The van der Waals surface area contributed by atoms with Crippen molar-refractivity contribution in [3.63, 3.8) is 0 Å². The topological polar surface area (TPSA) is 0 Å². The van der Waals surface area contributed by atoms with Crippen molar-refractivity contribution >= 4 is 15.9 Å². The second-order valence-corrected chi connectivity index (χ2v) is 3.65. The molecule has 0 nitrogen and oxygen atoms in total. The molecule has 0 saturated carbocycles. The summed E-state index contributed by atoms with van der Waals surface area (Å²) in [6.45, 7) is 2.08. The molecule has 0 bridgehead atoms. The monoisotopic (exact) mass is 222 g/mol. The maximum Gasteiger partial charge on any atom is 0.0210 e. The zero-order chi connectivity index (χ0) is 8.97. The van der Waals surface area contributed by atoms with Crippen LogP contribution in [0.2, 0.25) is 0 Å². The predicted octanol–water partition coefficient (Wildman–Crippen LogP) is 3.32. The van der Waals surface area contributed by atoms with E-state index in [9.17, 15) is 0 Å². The molecule has 0 N–H and O–H groups in total. The van der Waals surface area contributed by atoms with Crippen LogP contribution in [0.3, 0.4) is 0 Å². The van der Waals surface area contributed by atoms with Gasteiger partial charge in [-0.3, -0.25) is 0 Å². The van der Waals surface area contributed by atoms with Crippen molar-refractivity contribution in [2.45, 2.75) is 19.8 Å². The van der Waals surface area contributed by atoms with Gasteiger partial charge < -0.3 is 0 Å². The van der Waals surface area contributed by atoms with Gasteiger partial charge in [-0.05, 0) is 30.5 Å². The summed E-state index contributed by atoms with van der Waals surface area (Å²) in [6.07, 6.45) is 6.95. The zero-order valence-electron chi connectivity index (χ0n) is 7.10. The van der Waals surface area contributed by atoms with E-state index in [0.29, 0.717) is 0 Å². The van der Waals surface area contributed by atoms with Crippen LogP contribution in [0, 0.1) is 19.3 Å². The smallest absolute Gasteiger partial charge is 0.0210 e. The molecule has 0 unspecified atom stereocenters. The Kier molecular flexibility index (Phi) is 3.37. The first-order valence-electron chi connectivity index (χ1n) is 3.92. The number of aryl methyl sites for hydroxylation is 2. The van der Waals surface area contributed by atoms with E-state index >= 15 is 0 Å². The molecule has 0 saturated heterocycles. The molecular formula is C11H11Br. The van der Waals surface area contributed by atoms with E-state index in [-0.39, 0.29) is 0 Å². The Morgan fingerprint density at radius 3 is 2.83 bits per heavy atom. The summed E-state index contributed by atoms with van der Waals surface area (Å²) in [5.41, 5.74) is 2.56. The van der Waals surface area contributed by atoms with E-state index in [4.69, 9.17) is 6.42 Å². The van der Waals surface area contributed by atoms with Crippen LogP contribution < -0.4 is 0 Å². The molecular weight excluding hydrogens is 212 g/mol. The van der Waals surface area contributed by atoms with Crippen molar-refractivity contribution in [2.75, 3.05) is 0 Å². The van der Waals surface area contributed by atoms with Gasteiger partial charge in [-0.25, -0.2) is 0 Å². The van der Waals surface area contributed by atoms with E-state index < -0.39 is 0 Å². The van der Waals surface area contributed by atoms with Crippen molar-refractivity contribution in [1.82, 2.24) is 0 Å². The van der Waals surface area contributed by atoms with Crippen molar-refractivity contribution in [3.8, 4) is 12.3 Å². The van der Waals surface area contributed by atoms with Crippen LogP contribution in [0.1, 0.15) is 17.5 Å². The minimum absolute atomic E-state index is 0.807. The fourth-order valence-electron chi connectivity index (χ4n) is 1.06. The van der Waals surface area contributed by atoms with Crippen LogP contribution in [0.25, 0.3) is 0 Å². The molecule has 1 rings (SSSR count). The standard InChI is InChI=1S/C11H11Br/c1-3-4-5-10-7-6-9(2)8-11(10)12/h1,6-8H,4-5H2,2H3. The fraction of sp³-hybridized carbons (Fsp3) is 0.273. The highest BCUT2D eigenvalue weighted by atomic mass is 79.9. The van der Waals surface area contributed by atoms with Gasteiger partial charge in [-0.2, -0.15) is 0 Å². The molecule has 0 atom stereocenters. The molecule has 1 aromatic rings. The number of benzene rings is 1. The Morgan fingerprint density at radius 1 is 1.50 bits per heavy atom. The van der Waals surface area contributed by atoms with Crippen molar-refractivity contribution in [3.05, 3.63) is 33.8 Å². The molecule has 0 amide bonds. The second kappa shape index (κ2) is 4.33. The highest BCUT2D eigenvalue weighted by molar-refractivity contribution is 9.10. The Balaban J connectivity index is 2.81. The van der Waals surface area contributed by atoms with E-state index in [0.717, 1.165) is 17.3 Å². The minimum atomic E-state index is 0.807. The number of hydrogen-bond acceptors (Lipinski definition) is 0. The maximum absolute atomic E-state index is 5.19. The number of terminal acetylenes is 1. The zero-order valence-corrected chi connectivity index (χ0v) is 8.69. The summed E-state index contributed by atoms with van der Waals surface area (Å²) in [5, 5.41) is 0. The summed E-state index contributed by atoms with van der Waals surface area (Å²) in [4.78, 5) is 0. The lowest BCUT2D eigenvalue weighted by molar-refractivity contribution is 1.02. The van der Waals surface area contributed by atoms with Gasteiger partial charge in [0.15, 0.2) is 0 Å². The van der Waals surface area contributed by atoms with Gasteiger partial charge in [0.05, 0.1) is 0 Å². The summed E-state index contributed by atoms with van der Waals surface area (Å²) in [6, 6.07) is 6.35. The van der Waals surface area contributed by atoms with Crippen LogP contribution in [0.15, 0.2) is 22.7 Å². The molecule has 1 heteroatoms. The van der Waals surface area contributed by atoms with Crippen LogP contribution >= 0.6 is 15.9 Å². The third-order valence-electron chi connectivity index (χ3n) is 1.75. The number of halogens is 1. The predicted molar refractivity (Wildman–Crippen MR) is 56.0 cm³/mol. The average molecular weight is 223 g/mol. The number of rotatable bonds is 2. The molecule has 0 aliphatic carbocycles. The normalized spacial score (nSPS) is 9.42. The SMILES string of the molecule is C#CCCc1ccc(C)cc1Br. The first-order valence-corrected chi connectivity index (χ1v) is 4.72. The molecule has 0 radical (unpaired) electrons. The lowest BCUT2D eigenvalue weighted by atomic mass is 10.1. The van der Waals surface area contributed by atoms with Crippen LogP contribution in [-0.2, 0) is 6.42 Å². The Bertz CT molecular complexity index is 307. The van der Waals surface area contributed by atoms with Crippen molar-refractivity contribution in [1.29, 1.82) is 0 Å². The van der Waals surface area contributed by atoms with Gasteiger partial charge in [0, 0.05) is 10.9 Å². The van der Waals surface area contributed by atoms with E-state index in [1.807, 2.05) is 0 Å². The Hall–Kier alpha value is -0.740. The summed E-state index contributed by atoms with van der Waals surface area (Å²) in [5.74, 6) is 2.64. The summed E-state index contributed by atoms with van der Waals surface area (Å²) < 4.78 is 1.16. The average Bonchev–Trinajstić information content (AvgIpc) is 2.03. The van der Waals surface area contributed by atoms with Crippen molar-refractivity contribution in [2.24, 2.45) is 0 Å². The van der Waals surface area contributed by atoms with Gasteiger partial charge in [0.25, 0.3) is 0 Å². The van der Waals surface area contributed by atoms with Gasteiger partial charge >= 0.3 is 0 Å². The molecule has 1 aromatic carbocycles. The summed E-state index contributed by atoms with van der Waals surface area (Å²) in [7, 11) is 0. The lowest BCUT2D eigenvalue weighted by Crippen LogP contribution is -1.86. The van der Waals surface area contributed by atoms with Gasteiger partial charge in [-0.15, -0.1) is 12.3 Å². The molecule has 0 spiro atoms. The molecule has 12 heavy (non-hydrogen) atoms. The Labute approximate surface area is 82.1 Å². The first kappa shape index (κ1) is 9.35. The van der Waals surface area contributed by atoms with Crippen LogP contribution in [0.4, 0.5) is 0 Å². The molecule has 0 aromatic heterocycles. The molecule has 62 valence electrons. The fourth-order valence-corrected chi connectivity index (χ4v) is 1.75. The molecule has 0 aliphatic rings. The second-order valence-electron chi connectivity index (χ2n) is 2.80. The van der Waals surface area contributed by atoms with E-state index in [1.165, 1.54) is 11.1 Å². The Morgan fingerprint density at radius 2 is 2.25 bits per heavy atom. The third-order valence-corrected chi connectivity index (χ3v) is 2.49. The van der Waals surface area contributed by atoms with Crippen LogP contribution in [-0.4, -0.2) is 0 Å². The van der Waals surface area contributed by atoms with Gasteiger partial charge in [0.1, 0.15) is 0 Å². The van der Waals surface area contributed by atoms with E-state index in [2.05, 4.69) is 47.0 Å². The largest absolute Gasteiger partial charge is 0.120 e. The molecule has 0 fully saturated rings. The van der Waals surface area contributed by atoms with Gasteiger partial charge in [-0.1, -0.05) is 28.1 Å². The van der Waals surface area contributed by atoms with Crippen LogP contribution in [0.5, 0.6) is 0 Å². The van der Waals surface area contributed by atoms with E-state index in [1.54, 1.807) is 0 Å². The maximum atomic E-state index is 5.19. The first-order chi connectivity index (χ1) is 5.74. The van der Waals surface area contributed by atoms with Gasteiger partial charge in [0.2, 0.25) is 0 Å².